The summed E-state index contributed by atoms with van der Waals surface area (Å²) < 4.78 is 1.72. The Hall–Kier alpha value is -2.62. The zero-order chi connectivity index (χ0) is 16.5. The molecular weight excluding hydrogens is 276 g/mol. The first-order valence-electron chi connectivity index (χ1n) is 7.13. The Morgan fingerprint density at radius 1 is 1.27 bits per heavy atom. The Kier molecular flexibility index (Phi) is 6.83. The lowest BCUT2D eigenvalue weighted by Gasteiger charge is -2.05. The summed E-state index contributed by atoms with van der Waals surface area (Å²) in [6.45, 7) is 9.50. The molecule has 0 spiro atoms. The van der Waals surface area contributed by atoms with E-state index in [0.29, 0.717) is 17.2 Å². The van der Waals surface area contributed by atoms with Crippen LogP contribution < -0.4 is 0 Å². The van der Waals surface area contributed by atoms with E-state index in [4.69, 9.17) is 0 Å². The van der Waals surface area contributed by atoms with Crippen LogP contribution in [0.2, 0.25) is 0 Å². The topological polar surface area (TPSA) is 55.1 Å². The third-order valence-electron chi connectivity index (χ3n) is 2.94. The molecule has 1 N–H and O–H groups in total. The Balaban J connectivity index is 3.61. The third-order valence-corrected chi connectivity index (χ3v) is 2.94. The van der Waals surface area contributed by atoms with Gasteiger partial charge in [-0.2, -0.15) is 0 Å². The number of hydrogen-bond donors (Lipinski definition) is 1. The number of rotatable bonds is 7. The van der Waals surface area contributed by atoms with Crippen molar-refractivity contribution in [3.8, 4) is 0 Å². The van der Waals surface area contributed by atoms with Gasteiger partial charge in [0, 0.05) is 11.8 Å². The maximum absolute atomic E-state index is 11.2. The van der Waals surface area contributed by atoms with Crippen LogP contribution >= 0.6 is 0 Å². The maximum atomic E-state index is 11.2. The van der Waals surface area contributed by atoms with Gasteiger partial charge in [-0.25, -0.2) is 4.98 Å². The van der Waals surface area contributed by atoms with Crippen molar-refractivity contribution in [3.05, 3.63) is 60.2 Å². The molecule has 1 rings (SSSR count). The predicted molar refractivity (Wildman–Crippen MR) is 92.3 cm³/mol. The van der Waals surface area contributed by atoms with E-state index in [-0.39, 0.29) is 6.42 Å². The van der Waals surface area contributed by atoms with E-state index in [1.54, 1.807) is 10.8 Å². The molecular formula is C18H22N2O2. The fourth-order valence-electron chi connectivity index (χ4n) is 2.09. The van der Waals surface area contributed by atoms with Gasteiger partial charge in [-0.1, -0.05) is 43.0 Å². The van der Waals surface area contributed by atoms with Gasteiger partial charge in [0.05, 0.1) is 17.8 Å². The SMILES string of the molecule is C=Cn1c(/C=C\C)nc(C(/C=C\C)=C/C=C\C)c1CC(=O)O. The number of allylic oxidation sites excluding steroid dienone is 7. The van der Waals surface area contributed by atoms with Gasteiger partial charge in [0.15, 0.2) is 0 Å². The second kappa shape index (κ2) is 8.62. The monoisotopic (exact) mass is 298 g/mol. The highest BCUT2D eigenvalue weighted by atomic mass is 16.4. The Labute approximate surface area is 131 Å². The number of imidazole rings is 1. The molecule has 1 aromatic heterocycles. The summed E-state index contributed by atoms with van der Waals surface area (Å²) in [6, 6.07) is 0. The van der Waals surface area contributed by atoms with Crippen molar-refractivity contribution in [2.45, 2.75) is 27.2 Å². The highest BCUT2D eigenvalue weighted by molar-refractivity contribution is 5.79. The smallest absolute Gasteiger partial charge is 0.309 e. The van der Waals surface area contributed by atoms with Gasteiger partial charge in [0.25, 0.3) is 0 Å². The van der Waals surface area contributed by atoms with Crippen molar-refractivity contribution < 1.29 is 9.90 Å². The fraction of sp³-hybridized carbons (Fsp3) is 0.222. The van der Waals surface area contributed by atoms with E-state index >= 15 is 0 Å². The van der Waals surface area contributed by atoms with Crippen LogP contribution in [0, 0.1) is 0 Å². The molecule has 0 aliphatic rings. The molecule has 4 heteroatoms. The van der Waals surface area contributed by atoms with Crippen molar-refractivity contribution in [2.75, 3.05) is 0 Å². The first-order valence-corrected chi connectivity index (χ1v) is 7.13. The van der Waals surface area contributed by atoms with E-state index < -0.39 is 5.97 Å². The molecule has 116 valence electrons. The van der Waals surface area contributed by atoms with E-state index in [0.717, 1.165) is 5.57 Å². The minimum absolute atomic E-state index is 0.114. The summed E-state index contributed by atoms with van der Waals surface area (Å²) in [5, 5.41) is 9.19. The predicted octanol–water partition coefficient (Wildman–Crippen LogP) is 4.18. The van der Waals surface area contributed by atoms with Crippen LogP contribution in [0.3, 0.4) is 0 Å². The summed E-state index contributed by atoms with van der Waals surface area (Å²) in [4.78, 5) is 15.8. The molecule has 0 aliphatic carbocycles. The molecule has 0 saturated heterocycles. The van der Waals surface area contributed by atoms with Crippen LogP contribution in [0.4, 0.5) is 0 Å². The third kappa shape index (κ3) is 4.19. The zero-order valence-corrected chi connectivity index (χ0v) is 13.3. The Morgan fingerprint density at radius 2 is 2.00 bits per heavy atom. The minimum Gasteiger partial charge on any atom is -0.481 e. The minimum atomic E-state index is -0.901. The van der Waals surface area contributed by atoms with Gasteiger partial charge in [-0.15, -0.1) is 0 Å². The highest BCUT2D eigenvalue weighted by Gasteiger charge is 2.18. The molecule has 0 saturated carbocycles. The van der Waals surface area contributed by atoms with Crippen LogP contribution in [-0.2, 0) is 11.2 Å². The fourth-order valence-corrected chi connectivity index (χ4v) is 2.09. The first kappa shape index (κ1) is 17.4. The van der Waals surface area contributed by atoms with Crippen LogP contribution in [0.5, 0.6) is 0 Å². The summed E-state index contributed by atoms with van der Waals surface area (Å²) in [5.41, 5.74) is 2.14. The van der Waals surface area contributed by atoms with Crippen molar-refractivity contribution in [1.82, 2.24) is 9.55 Å². The lowest BCUT2D eigenvalue weighted by molar-refractivity contribution is -0.136. The molecule has 1 aromatic rings. The molecule has 0 fully saturated rings. The number of carboxylic acids is 1. The lowest BCUT2D eigenvalue weighted by atomic mass is 10.1. The van der Waals surface area contributed by atoms with E-state index in [1.807, 2.05) is 63.3 Å². The number of carbonyl (C=O) groups is 1. The van der Waals surface area contributed by atoms with Gasteiger partial charge in [0.2, 0.25) is 0 Å². The largest absolute Gasteiger partial charge is 0.481 e. The Morgan fingerprint density at radius 3 is 2.50 bits per heavy atom. The van der Waals surface area contributed by atoms with Gasteiger partial charge >= 0.3 is 5.97 Å². The quantitative estimate of drug-likeness (QED) is 0.768. The van der Waals surface area contributed by atoms with E-state index in [2.05, 4.69) is 11.6 Å². The molecule has 0 amide bonds. The second-order valence-electron chi connectivity index (χ2n) is 4.54. The molecule has 1 heterocycles. The molecule has 22 heavy (non-hydrogen) atoms. The van der Waals surface area contributed by atoms with Crippen molar-refractivity contribution in [2.24, 2.45) is 0 Å². The Bertz CT molecular complexity index is 659. The number of aromatic nitrogens is 2. The molecule has 0 unspecified atom stereocenters. The van der Waals surface area contributed by atoms with E-state index in [9.17, 15) is 9.90 Å². The summed E-state index contributed by atoms with van der Waals surface area (Å²) >= 11 is 0. The van der Waals surface area contributed by atoms with Crippen molar-refractivity contribution >= 4 is 23.8 Å². The normalized spacial score (nSPS) is 12.8. The van der Waals surface area contributed by atoms with Gasteiger partial charge in [-0.3, -0.25) is 4.79 Å². The van der Waals surface area contributed by atoms with Crippen LogP contribution in [0.1, 0.15) is 38.0 Å². The summed E-state index contributed by atoms with van der Waals surface area (Å²) in [6.07, 6.45) is 14.7. The average molecular weight is 298 g/mol. The zero-order valence-electron chi connectivity index (χ0n) is 13.3. The maximum Gasteiger partial charge on any atom is 0.309 e. The van der Waals surface area contributed by atoms with Gasteiger partial charge in [-0.05, 0) is 26.8 Å². The van der Waals surface area contributed by atoms with Crippen molar-refractivity contribution in [3.63, 3.8) is 0 Å². The standard InChI is InChI=1S/C18H22N2O2/c1-5-9-12-14(10-6-2)18-15(13-17(21)22)20(8-4)16(19-18)11-7-3/h5-12H,4,13H2,1-3H3,(H,21,22)/b9-5-,10-6-,11-7-,14-12+. The number of aliphatic carboxylic acids is 1. The number of nitrogens with zero attached hydrogens (tertiary/aromatic N) is 2. The molecule has 0 aromatic carbocycles. The number of carboxylic acid groups (broad SMARTS) is 1. The van der Waals surface area contributed by atoms with Crippen LogP contribution in [0.15, 0.2) is 43.0 Å². The van der Waals surface area contributed by atoms with Gasteiger partial charge < -0.3 is 9.67 Å². The summed E-state index contributed by atoms with van der Waals surface area (Å²) in [7, 11) is 0. The average Bonchev–Trinajstić information content (AvgIpc) is 2.80. The number of hydrogen-bond acceptors (Lipinski definition) is 2. The van der Waals surface area contributed by atoms with Crippen molar-refractivity contribution in [1.29, 1.82) is 0 Å². The summed E-state index contributed by atoms with van der Waals surface area (Å²) in [5.74, 6) is -0.234. The molecule has 0 bridgehead atoms. The molecule has 0 radical (unpaired) electrons. The first-order chi connectivity index (χ1) is 10.6. The van der Waals surface area contributed by atoms with Crippen LogP contribution in [0.25, 0.3) is 17.8 Å². The second-order valence-corrected chi connectivity index (χ2v) is 4.54. The molecule has 0 atom stereocenters. The highest BCUT2D eigenvalue weighted by Crippen LogP contribution is 2.24. The molecule has 4 nitrogen and oxygen atoms in total. The van der Waals surface area contributed by atoms with Crippen LogP contribution in [-0.4, -0.2) is 20.6 Å². The molecule has 0 aliphatic heterocycles. The lowest BCUT2D eigenvalue weighted by Crippen LogP contribution is -2.07. The van der Waals surface area contributed by atoms with Gasteiger partial charge in [0.1, 0.15) is 5.82 Å². The van der Waals surface area contributed by atoms with E-state index in [1.165, 1.54) is 0 Å².